The highest BCUT2D eigenvalue weighted by Crippen LogP contribution is 2.16. The molecule has 2 N–H and O–H groups in total. The highest BCUT2D eigenvalue weighted by Gasteiger charge is 2.24. The van der Waals surface area contributed by atoms with E-state index in [9.17, 15) is 14.7 Å². The van der Waals surface area contributed by atoms with Crippen molar-refractivity contribution in [2.45, 2.75) is 64.6 Å². The second kappa shape index (κ2) is 12.5. The van der Waals surface area contributed by atoms with E-state index in [0.717, 1.165) is 31.4 Å². The molecule has 9 nitrogen and oxygen atoms in total. The van der Waals surface area contributed by atoms with Gasteiger partial charge in [-0.05, 0) is 57.7 Å². The van der Waals surface area contributed by atoms with Gasteiger partial charge in [-0.15, -0.1) is 0 Å². The maximum Gasteiger partial charge on any atom is 0.408 e. The van der Waals surface area contributed by atoms with Crippen LogP contribution in [0.2, 0.25) is 0 Å². The van der Waals surface area contributed by atoms with Gasteiger partial charge in [-0.2, -0.15) is 0 Å². The zero-order valence-electron chi connectivity index (χ0n) is 18.4. The number of carboxylic acids is 1. The third-order valence-corrected chi connectivity index (χ3v) is 4.23. The minimum absolute atomic E-state index is 0.145. The van der Waals surface area contributed by atoms with Crippen LogP contribution in [0, 0.1) is 0 Å². The molecule has 0 aromatic heterocycles. The SMILES string of the molecule is CC(C)(C)OC(=O)N[C@H](COCc1cccc(OCCOC2CCCCO2)c1)C(=O)O. The summed E-state index contributed by atoms with van der Waals surface area (Å²) in [6.45, 7) is 6.63. The van der Waals surface area contributed by atoms with Crippen molar-refractivity contribution in [1.82, 2.24) is 5.32 Å². The number of carbonyl (C=O) groups excluding carboxylic acids is 1. The molecule has 1 aromatic rings. The lowest BCUT2D eigenvalue weighted by atomic mass is 10.2. The Kier molecular flexibility index (Phi) is 10.0. The molecule has 1 aliphatic heterocycles. The van der Waals surface area contributed by atoms with Crippen molar-refractivity contribution < 1.29 is 38.4 Å². The van der Waals surface area contributed by atoms with Gasteiger partial charge in [-0.25, -0.2) is 9.59 Å². The van der Waals surface area contributed by atoms with Gasteiger partial charge in [0.15, 0.2) is 12.3 Å². The largest absolute Gasteiger partial charge is 0.491 e. The Morgan fingerprint density at radius 1 is 1.26 bits per heavy atom. The van der Waals surface area contributed by atoms with E-state index in [-0.39, 0.29) is 19.5 Å². The lowest BCUT2D eigenvalue weighted by molar-refractivity contribution is -0.165. The smallest absolute Gasteiger partial charge is 0.408 e. The molecule has 174 valence electrons. The molecule has 1 unspecified atom stereocenters. The van der Waals surface area contributed by atoms with Crippen molar-refractivity contribution in [2.75, 3.05) is 26.4 Å². The van der Waals surface area contributed by atoms with Gasteiger partial charge in [0.1, 0.15) is 18.0 Å². The molecule has 1 amide bonds. The van der Waals surface area contributed by atoms with Gasteiger partial charge in [0.05, 0.1) is 19.8 Å². The van der Waals surface area contributed by atoms with Crippen LogP contribution in [0.1, 0.15) is 45.6 Å². The average molecular weight is 440 g/mol. The number of nitrogens with one attached hydrogen (secondary N) is 1. The molecule has 1 heterocycles. The minimum Gasteiger partial charge on any atom is -0.491 e. The normalized spacial score (nSPS) is 17.6. The topological polar surface area (TPSA) is 113 Å². The zero-order chi connectivity index (χ0) is 22.7. The third kappa shape index (κ3) is 10.5. The maximum atomic E-state index is 11.8. The minimum atomic E-state index is -1.21. The first kappa shape index (κ1) is 24.9. The van der Waals surface area contributed by atoms with Gasteiger partial charge in [-0.1, -0.05) is 12.1 Å². The number of benzene rings is 1. The molecular formula is C22H33NO8. The van der Waals surface area contributed by atoms with Crippen LogP contribution in [-0.4, -0.2) is 61.5 Å². The first-order chi connectivity index (χ1) is 14.7. The summed E-state index contributed by atoms with van der Waals surface area (Å²) in [5.74, 6) is -0.541. The molecular weight excluding hydrogens is 406 g/mol. The van der Waals surface area contributed by atoms with Gasteiger partial charge in [0.25, 0.3) is 0 Å². The predicted molar refractivity (Wildman–Crippen MR) is 112 cm³/mol. The van der Waals surface area contributed by atoms with Crippen molar-refractivity contribution in [2.24, 2.45) is 0 Å². The molecule has 0 saturated carbocycles. The summed E-state index contributed by atoms with van der Waals surface area (Å²) in [5, 5.41) is 11.6. The highest BCUT2D eigenvalue weighted by atomic mass is 16.7. The van der Waals surface area contributed by atoms with Crippen LogP contribution >= 0.6 is 0 Å². The van der Waals surface area contributed by atoms with Crippen molar-refractivity contribution in [3.05, 3.63) is 29.8 Å². The van der Waals surface area contributed by atoms with Crippen LogP contribution in [0.25, 0.3) is 0 Å². The Morgan fingerprint density at radius 3 is 2.74 bits per heavy atom. The summed E-state index contributed by atoms with van der Waals surface area (Å²) >= 11 is 0. The molecule has 2 atom stereocenters. The highest BCUT2D eigenvalue weighted by molar-refractivity contribution is 5.80. The molecule has 1 fully saturated rings. The number of ether oxygens (including phenoxy) is 5. The molecule has 1 saturated heterocycles. The van der Waals surface area contributed by atoms with Crippen LogP contribution in [0.5, 0.6) is 5.75 Å². The summed E-state index contributed by atoms with van der Waals surface area (Å²) in [6, 6.07) is 6.09. The van der Waals surface area contributed by atoms with E-state index in [1.807, 2.05) is 24.3 Å². The Bertz CT molecular complexity index is 697. The van der Waals surface area contributed by atoms with E-state index in [2.05, 4.69) is 5.32 Å². The summed E-state index contributed by atoms with van der Waals surface area (Å²) in [4.78, 5) is 23.2. The molecule has 2 rings (SSSR count). The van der Waals surface area contributed by atoms with Crippen LogP contribution < -0.4 is 10.1 Å². The third-order valence-electron chi connectivity index (χ3n) is 4.23. The number of hydrogen-bond acceptors (Lipinski definition) is 7. The summed E-state index contributed by atoms with van der Waals surface area (Å²) in [5.41, 5.74) is 0.0959. The summed E-state index contributed by atoms with van der Waals surface area (Å²) in [7, 11) is 0. The lowest BCUT2D eigenvalue weighted by Gasteiger charge is -2.22. The Balaban J connectivity index is 1.71. The Morgan fingerprint density at radius 2 is 2.06 bits per heavy atom. The molecule has 0 spiro atoms. The number of carbonyl (C=O) groups is 2. The van der Waals surface area contributed by atoms with Gasteiger partial charge in [0.2, 0.25) is 0 Å². The first-order valence-electron chi connectivity index (χ1n) is 10.5. The fraction of sp³-hybridized carbons (Fsp3) is 0.636. The van der Waals surface area contributed by atoms with E-state index in [1.165, 1.54) is 0 Å². The fourth-order valence-corrected chi connectivity index (χ4v) is 2.83. The number of amides is 1. The van der Waals surface area contributed by atoms with Gasteiger partial charge in [0, 0.05) is 6.61 Å². The molecule has 31 heavy (non-hydrogen) atoms. The summed E-state index contributed by atoms with van der Waals surface area (Å²) in [6.07, 6.45) is 2.15. The second-order valence-electron chi connectivity index (χ2n) is 8.21. The maximum absolute atomic E-state index is 11.8. The predicted octanol–water partition coefficient (Wildman–Crippen LogP) is 3.10. The van der Waals surface area contributed by atoms with Gasteiger partial charge < -0.3 is 34.1 Å². The number of carboxylic acid groups (broad SMARTS) is 1. The molecule has 0 aliphatic carbocycles. The monoisotopic (exact) mass is 439 g/mol. The molecule has 1 aromatic carbocycles. The van der Waals surface area contributed by atoms with Crippen molar-refractivity contribution in [3.8, 4) is 5.75 Å². The van der Waals surface area contributed by atoms with Gasteiger partial charge >= 0.3 is 12.1 Å². The number of hydrogen-bond donors (Lipinski definition) is 2. The average Bonchev–Trinajstić information content (AvgIpc) is 2.70. The first-order valence-corrected chi connectivity index (χ1v) is 10.5. The lowest BCUT2D eigenvalue weighted by Crippen LogP contribution is -2.46. The van der Waals surface area contributed by atoms with E-state index in [4.69, 9.17) is 23.7 Å². The van der Waals surface area contributed by atoms with Crippen LogP contribution in [0.3, 0.4) is 0 Å². The molecule has 1 aliphatic rings. The molecule has 9 heteroatoms. The van der Waals surface area contributed by atoms with Crippen molar-refractivity contribution in [3.63, 3.8) is 0 Å². The quantitative estimate of drug-likeness (QED) is 0.506. The van der Waals surface area contributed by atoms with Crippen molar-refractivity contribution in [1.29, 1.82) is 0 Å². The second-order valence-corrected chi connectivity index (χ2v) is 8.21. The molecule has 0 radical (unpaired) electrons. The van der Waals surface area contributed by atoms with Crippen LogP contribution in [0.4, 0.5) is 4.79 Å². The van der Waals surface area contributed by atoms with E-state index in [0.29, 0.717) is 19.0 Å². The number of aliphatic carboxylic acids is 1. The number of alkyl carbamates (subject to hydrolysis) is 1. The zero-order valence-corrected chi connectivity index (χ0v) is 18.4. The van der Waals surface area contributed by atoms with E-state index in [1.54, 1.807) is 20.8 Å². The Hall–Kier alpha value is -2.36. The fourth-order valence-electron chi connectivity index (χ4n) is 2.83. The van der Waals surface area contributed by atoms with Crippen LogP contribution in [0.15, 0.2) is 24.3 Å². The van der Waals surface area contributed by atoms with Gasteiger partial charge in [-0.3, -0.25) is 0 Å². The van der Waals surface area contributed by atoms with E-state index < -0.39 is 23.7 Å². The standard InChI is InChI=1S/C22H33NO8/c1-22(2,3)31-21(26)23-18(20(24)25)15-27-14-16-7-6-8-17(13-16)28-11-12-30-19-9-4-5-10-29-19/h6-8,13,18-19H,4-5,9-12,14-15H2,1-3H3,(H,23,26)(H,24,25)/t18-,19?/m1/s1. The molecule has 0 bridgehead atoms. The summed E-state index contributed by atoms with van der Waals surface area (Å²) < 4.78 is 27.4. The van der Waals surface area contributed by atoms with E-state index >= 15 is 0 Å². The number of rotatable bonds is 11. The van der Waals surface area contributed by atoms with Crippen molar-refractivity contribution >= 4 is 12.1 Å². The van der Waals surface area contributed by atoms with Crippen LogP contribution in [-0.2, 0) is 30.3 Å². The Labute approximate surface area is 182 Å².